The van der Waals surface area contributed by atoms with Crippen LogP contribution in [0.4, 0.5) is 0 Å². The molecule has 6 nitrogen and oxygen atoms in total. The first-order valence-corrected chi connectivity index (χ1v) is 10.3. The monoisotopic (exact) mass is 385 g/mol. The van der Waals surface area contributed by atoms with E-state index in [1.807, 2.05) is 47.9 Å². The van der Waals surface area contributed by atoms with Crippen LogP contribution in [0.3, 0.4) is 0 Å². The molecule has 0 atom stereocenters. The van der Waals surface area contributed by atoms with Crippen LogP contribution in [0.2, 0.25) is 0 Å². The van der Waals surface area contributed by atoms with Crippen LogP contribution < -0.4 is 0 Å². The highest BCUT2D eigenvalue weighted by atomic mass is 16.2. The molecule has 3 amide bonds. The molecule has 1 saturated carbocycles. The van der Waals surface area contributed by atoms with Gasteiger partial charge in [0.1, 0.15) is 0 Å². The Morgan fingerprint density at radius 3 is 2.21 bits per heavy atom. The van der Waals surface area contributed by atoms with Gasteiger partial charge in [0.05, 0.1) is 0 Å². The van der Waals surface area contributed by atoms with Gasteiger partial charge in [-0.3, -0.25) is 14.4 Å². The van der Waals surface area contributed by atoms with Gasteiger partial charge in [-0.15, -0.1) is 0 Å². The fourth-order valence-electron chi connectivity index (χ4n) is 3.66. The Hall–Kier alpha value is -2.37. The third-order valence-corrected chi connectivity index (χ3v) is 5.51. The minimum Gasteiger partial charge on any atom is -0.341 e. The summed E-state index contributed by atoms with van der Waals surface area (Å²) in [5.41, 5.74) is 1.66. The molecule has 1 saturated heterocycles. The van der Waals surface area contributed by atoms with Crippen molar-refractivity contribution in [3.8, 4) is 0 Å². The number of nitrogens with zero attached hydrogens (tertiary/aromatic N) is 3. The van der Waals surface area contributed by atoms with Gasteiger partial charge in [0.2, 0.25) is 11.8 Å². The van der Waals surface area contributed by atoms with Crippen molar-refractivity contribution in [2.75, 3.05) is 33.2 Å². The first kappa shape index (κ1) is 20.4. The highest BCUT2D eigenvalue weighted by Crippen LogP contribution is 2.31. The third kappa shape index (κ3) is 4.91. The standard InChI is InChI=1S/C22H31N3O3/c1-16(2)20(26)23(3)15-17-5-7-18(8-6-17)21(27)24-11-4-12-25(14-13-24)22(28)19-9-10-19/h5-8,16,19H,4,9-15H2,1-3H3. The molecule has 1 aromatic rings. The molecule has 2 fully saturated rings. The van der Waals surface area contributed by atoms with E-state index in [2.05, 4.69) is 0 Å². The average molecular weight is 386 g/mol. The Labute approximate surface area is 167 Å². The van der Waals surface area contributed by atoms with Gasteiger partial charge in [-0.2, -0.15) is 0 Å². The topological polar surface area (TPSA) is 60.9 Å². The molecule has 1 aromatic carbocycles. The quantitative estimate of drug-likeness (QED) is 0.782. The number of benzene rings is 1. The van der Waals surface area contributed by atoms with Gasteiger partial charge in [0.25, 0.3) is 5.91 Å². The molecule has 152 valence electrons. The molecule has 0 N–H and O–H groups in total. The van der Waals surface area contributed by atoms with Crippen molar-refractivity contribution in [3.63, 3.8) is 0 Å². The van der Waals surface area contributed by atoms with Crippen LogP contribution in [0, 0.1) is 11.8 Å². The van der Waals surface area contributed by atoms with Gasteiger partial charge >= 0.3 is 0 Å². The lowest BCUT2D eigenvalue weighted by atomic mass is 10.1. The molecule has 3 rings (SSSR count). The van der Waals surface area contributed by atoms with Crippen molar-refractivity contribution in [2.45, 2.75) is 39.7 Å². The van der Waals surface area contributed by atoms with E-state index in [9.17, 15) is 14.4 Å². The summed E-state index contributed by atoms with van der Waals surface area (Å²) in [4.78, 5) is 42.6. The van der Waals surface area contributed by atoms with E-state index >= 15 is 0 Å². The first-order valence-electron chi connectivity index (χ1n) is 10.3. The van der Waals surface area contributed by atoms with Crippen LogP contribution >= 0.6 is 0 Å². The molecule has 1 heterocycles. The lowest BCUT2D eigenvalue weighted by Gasteiger charge is -2.22. The molecule has 1 aliphatic carbocycles. The number of hydrogen-bond acceptors (Lipinski definition) is 3. The summed E-state index contributed by atoms with van der Waals surface area (Å²) >= 11 is 0. The fraction of sp³-hybridized carbons (Fsp3) is 0.591. The molecule has 0 aromatic heterocycles. The molecule has 0 spiro atoms. The molecule has 6 heteroatoms. The van der Waals surface area contributed by atoms with Gasteiger partial charge in [-0.1, -0.05) is 26.0 Å². The Kier molecular flexibility index (Phi) is 6.37. The molecular weight excluding hydrogens is 354 g/mol. The van der Waals surface area contributed by atoms with E-state index in [4.69, 9.17) is 0 Å². The van der Waals surface area contributed by atoms with Crippen molar-refractivity contribution >= 4 is 17.7 Å². The SMILES string of the molecule is CC(C)C(=O)N(C)Cc1ccc(C(=O)N2CCCN(C(=O)C3CC3)CC2)cc1. The maximum atomic E-state index is 12.9. The predicted octanol–water partition coefficient (Wildman–Crippen LogP) is 2.39. The number of hydrogen-bond donors (Lipinski definition) is 0. The second-order valence-electron chi connectivity index (χ2n) is 8.29. The van der Waals surface area contributed by atoms with E-state index in [0.717, 1.165) is 31.4 Å². The summed E-state index contributed by atoms with van der Waals surface area (Å²) in [6.07, 6.45) is 2.86. The van der Waals surface area contributed by atoms with Crippen molar-refractivity contribution in [2.24, 2.45) is 11.8 Å². The first-order chi connectivity index (χ1) is 13.4. The molecular formula is C22H31N3O3. The van der Waals surface area contributed by atoms with Gasteiger partial charge in [-0.25, -0.2) is 0 Å². The van der Waals surface area contributed by atoms with Gasteiger partial charge < -0.3 is 14.7 Å². The minimum atomic E-state index is -0.0275. The maximum absolute atomic E-state index is 12.9. The number of rotatable bonds is 5. The summed E-state index contributed by atoms with van der Waals surface area (Å²) in [5.74, 6) is 0.586. The maximum Gasteiger partial charge on any atom is 0.253 e. The van der Waals surface area contributed by atoms with Crippen LogP contribution in [-0.2, 0) is 16.1 Å². The van der Waals surface area contributed by atoms with Gasteiger partial charge in [-0.05, 0) is 37.0 Å². The number of carbonyl (C=O) groups is 3. The zero-order valence-electron chi connectivity index (χ0n) is 17.2. The Balaban J connectivity index is 1.56. The van der Waals surface area contributed by atoms with Crippen molar-refractivity contribution in [1.29, 1.82) is 0 Å². The van der Waals surface area contributed by atoms with Crippen LogP contribution in [0.15, 0.2) is 24.3 Å². The van der Waals surface area contributed by atoms with Crippen LogP contribution in [0.5, 0.6) is 0 Å². The van der Waals surface area contributed by atoms with Crippen molar-refractivity contribution in [1.82, 2.24) is 14.7 Å². The van der Waals surface area contributed by atoms with E-state index in [-0.39, 0.29) is 29.6 Å². The zero-order chi connectivity index (χ0) is 20.3. The largest absolute Gasteiger partial charge is 0.341 e. The van der Waals surface area contributed by atoms with E-state index in [1.165, 1.54) is 0 Å². The summed E-state index contributed by atoms with van der Waals surface area (Å²) in [6, 6.07) is 7.50. The van der Waals surface area contributed by atoms with Crippen molar-refractivity contribution < 1.29 is 14.4 Å². The smallest absolute Gasteiger partial charge is 0.253 e. The number of carbonyl (C=O) groups excluding carboxylic acids is 3. The molecule has 1 aliphatic heterocycles. The lowest BCUT2D eigenvalue weighted by Crippen LogP contribution is -2.38. The predicted molar refractivity (Wildman–Crippen MR) is 108 cm³/mol. The van der Waals surface area contributed by atoms with Crippen LogP contribution in [0.1, 0.15) is 49.0 Å². The Morgan fingerprint density at radius 1 is 1.00 bits per heavy atom. The van der Waals surface area contributed by atoms with E-state index in [1.54, 1.807) is 11.9 Å². The van der Waals surface area contributed by atoms with Gasteiger partial charge in [0, 0.05) is 57.2 Å². The molecule has 0 radical (unpaired) electrons. The van der Waals surface area contributed by atoms with E-state index < -0.39 is 0 Å². The van der Waals surface area contributed by atoms with Gasteiger partial charge in [0.15, 0.2) is 0 Å². The average Bonchev–Trinajstić information content (AvgIpc) is 3.53. The van der Waals surface area contributed by atoms with Crippen molar-refractivity contribution in [3.05, 3.63) is 35.4 Å². The fourth-order valence-corrected chi connectivity index (χ4v) is 3.66. The Morgan fingerprint density at radius 2 is 1.61 bits per heavy atom. The van der Waals surface area contributed by atoms with Crippen LogP contribution in [-0.4, -0.2) is 65.6 Å². The summed E-state index contributed by atoms with van der Waals surface area (Å²) in [5, 5.41) is 0. The minimum absolute atomic E-state index is 0.0129. The second kappa shape index (κ2) is 8.76. The zero-order valence-corrected chi connectivity index (χ0v) is 17.2. The highest BCUT2D eigenvalue weighted by molar-refractivity contribution is 5.94. The summed E-state index contributed by atoms with van der Waals surface area (Å²) in [7, 11) is 1.80. The molecule has 0 bridgehead atoms. The molecule has 2 aliphatic rings. The lowest BCUT2D eigenvalue weighted by molar-refractivity contribution is -0.133. The summed E-state index contributed by atoms with van der Waals surface area (Å²) < 4.78 is 0. The molecule has 0 unspecified atom stereocenters. The normalized spacial score (nSPS) is 17.4. The summed E-state index contributed by atoms with van der Waals surface area (Å²) in [6.45, 7) is 6.95. The highest BCUT2D eigenvalue weighted by Gasteiger charge is 2.34. The third-order valence-electron chi connectivity index (χ3n) is 5.51. The second-order valence-corrected chi connectivity index (χ2v) is 8.29. The number of amides is 3. The molecule has 28 heavy (non-hydrogen) atoms. The Bertz CT molecular complexity index is 725. The van der Waals surface area contributed by atoms with Crippen LogP contribution in [0.25, 0.3) is 0 Å². The van der Waals surface area contributed by atoms with E-state index in [0.29, 0.717) is 31.7 Å².